The van der Waals surface area contributed by atoms with E-state index in [1.165, 1.54) is 19.3 Å². The van der Waals surface area contributed by atoms with E-state index >= 15 is 0 Å². The van der Waals surface area contributed by atoms with E-state index in [-0.39, 0.29) is 0 Å². The fourth-order valence-corrected chi connectivity index (χ4v) is 2.97. The van der Waals surface area contributed by atoms with Crippen molar-refractivity contribution in [1.82, 2.24) is 10.2 Å². The highest BCUT2D eigenvalue weighted by molar-refractivity contribution is 4.94. The summed E-state index contributed by atoms with van der Waals surface area (Å²) in [5.74, 6) is 0. The lowest BCUT2D eigenvalue weighted by atomic mass is 10.0. The molecule has 0 bridgehead atoms. The molecule has 94 valence electrons. The molecule has 0 aromatic heterocycles. The number of nitrogens with one attached hydrogen (secondary N) is 1. The Labute approximate surface area is 99.5 Å². The Morgan fingerprint density at radius 1 is 1.44 bits per heavy atom. The van der Waals surface area contributed by atoms with Crippen LogP contribution >= 0.6 is 0 Å². The van der Waals surface area contributed by atoms with E-state index in [4.69, 9.17) is 4.74 Å². The summed E-state index contributed by atoms with van der Waals surface area (Å²) in [6.45, 7) is 11.2. The van der Waals surface area contributed by atoms with Crippen molar-refractivity contribution in [2.24, 2.45) is 0 Å². The van der Waals surface area contributed by atoms with Crippen molar-refractivity contribution in [3.63, 3.8) is 0 Å². The minimum absolute atomic E-state index is 0.314. The molecule has 0 spiro atoms. The maximum Gasteiger partial charge on any atom is 0.0702 e. The number of likely N-dealkylation sites (N-methyl/N-ethyl adjacent to an activating group) is 1. The number of rotatable bonds is 4. The smallest absolute Gasteiger partial charge is 0.0702 e. The Balaban J connectivity index is 1.85. The molecule has 2 aliphatic rings. The minimum Gasteiger partial charge on any atom is -0.377 e. The fourth-order valence-electron chi connectivity index (χ4n) is 2.97. The number of ether oxygens (including phenoxy) is 1. The number of hydrogen-bond acceptors (Lipinski definition) is 3. The SMILES string of the molecule is CCN(CC1CCCO1)C1CNC(C)(C)C1. The second kappa shape index (κ2) is 5.03. The third kappa shape index (κ3) is 2.96. The summed E-state index contributed by atoms with van der Waals surface area (Å²) in [6.07, 6.45) is 4.24. The molecule has 0 radical (unpaired) electrons. The van der Waals surface area contributed by atoms with E-state index in [1.54, 1.807) is 0 Å². The van der Waals surface area contributed by atoms with Crippen molar-refractivity contribution in [3.8, 4) is 0 Å². The van der Waals surface area contributed by atoms with Crippen LogP contribution in [0.4, 0.5) is 0 Å². The van der Waals surface area contributed by atoms with Gasteiger partial charge in [-0.2, -0.15) is 0 Å². The first-order chi connectivity index (χ1) is 7.61. The lowest BCUT2D eigenvalue weighted by Gasteiger charge is -2.30. The molecular formula is C13H26N2O. The molecule has 0 aromatic carbocycles. The van der Waals surface area contributed by atoms with Crippen LogP contribution in [0.25, 0.3) is 0 Å². The number of hydrogen-bond donors (Lipinski definition) is 1. The Morgan fingerprint density at radius 3 is 2.75 bits per heavy atom. The summed E-state index contributed by atoms with van der Waals surface area (Å²) >= 11 is 0. The third-order valence-corrected chi connectivity index (χ3v) is 3.95. The zero-order valence-corrected chi connectivity index (χ0v) is 11.0. The average Bonchev–Trinajstić information content (AvgIpc) is 2.83. The van der Waals surface area contributed by atoms with Crippen molar-refractivity contribution in [3.05, 3.63) is 0 Å². The van der Waals surface area contributed by atoms with Gasteiger partial charge in [0.25, 0.3) is 0 Å². The zero-order valence-electron chi connectivity index (χ0n) is 11.0. The topological polar surface area (TPSA) is 24.5 Å². The van der Waals surface area contributed by atoms with Gasteiger partial charge in [0.1, 0.15) is 0 Å². The largest absolute Gasteiger partial charge is 0.377 e. The van der Waals surface area contributed by atoms with E-state index in [1.807, 2.05) is 0 Å². The predicted molar refractivity (Wildman–Crippen MR) is 66.7 cm³/mol. The van der Waals surface area contributed by atoms with Gasteiger partial charge >= 0.3 is 0 Å². The molecule has 2 unspecified atom stereocenters. The quantitative estimate of drug-likeness (QED) is 0.788. The lowest BCUT2D eigenvalue weighted by Crippen LogP contribution is -2.41. The van der Waals surface area contributed by atoms with E-state index in [0.717, 1.165) is 26.2 Å². The summed E-state index contributed by atoms with van der Waals surface area (Å²) in [5, 5.41) is 3.60. The van der Waals surface area contributed by atoms with Gasteiger partial charge in [-0.1, -0.05) is 6.92 Å². The molecule has 2 atom stereocenters. The Kier molecular flexibility index (Phi) is 3.88. The molecular weight excluding hydrogens is 200 g/mol. The lowest BCUT2D eigenvalue weighted by molar-refractivity contribution is 0.0612. The van der Waals surface area contributed by atoms with Crippen LogP contribution < -0.4 is 5.32 Å². The van der Waals surface area contributed by atoms with Crippen LogP contribution in [0.5, 0.6) is 0 Å². The summed E-state index contributed by atoms with van der Waals surface area (Å²) in [4.78, 5) is 2.59. The Bertz CT molecular complexity index is 224. The van der Waals surface area contributed by atoms with Gasteiger partial charge in [-0.3, -0.25) is 4.90 Å². The van der Waals surface area contributed by atoms with Gasteiger partial charge in [0.05, 0.1) is 6.10 Å². The molecule has 3 heteroatoms. The first-order valence-corrected chi connectivity index (χ1v) is 6.71. The van der Waals surface area contributed by atoms with Crippen molar-refractivity contribution >= 4 is 0 Å². The summed E-state index contributed by atoms with van der Waals surface area (Å²) in [6, 6.07) is 0.698. The van der Waals surface area contributed by atoms with Crippen molar-refractivity contribution in [2.45, 2.75) is 57.7 Å². The first kappa shape index (κ1) is 12.3. The average molecular weight is 226 g/mol. The molecule has 0 aliphatic carbocycles. The van der Waals surface area contributed by atoms with Gasteiger partial charge in [-0.15, -0.1) is 0 Å². The third-order valence-electron chi connectivity index (χ3n) is 3.95. The monoisotopic (exact) mass is 226 g/mol. The van der Waals surface area contributed by atoms with E-state index in [9.17, 15) is 0 Å². The maximum atomic E-state index is 5.73. The van der Waals surface area contributed by atoms with Crippen LogP contribution in [0, 0.1) is 0 Å². The van der Waals surface area contributed by atoms with E-state index < -0.39 is 0 Å². The van der Waals surface area contributed by atoms with Crippen molar-refractivity contribution in [2.75, 3.05) is 26.2 Å². The van der Waals surface area contributed by atoms with Gasteiger partial charge < -0.3 is 10.1 Å². The molecule has 1 N–H and O–H groups in total. The molecule has 0 aromatic rings. The highest BCUT2D eigenvalue weighted by Crippen LogP contribution is 2.23. The standard InChI is InChI=1S/C13H26N2O/c1-4-15(10-12-6-5-7-16-12)11-8-13(2,3)14-9-11/h11-12,14H,4-10H2,1-3H3. The fraction of sp³-hybridized carbons (Fsp3) is 1.00. The van der Waals surface area contributed by atoms with Crippen LogP contribution in [-0.2, 0) is 4.74 Å². The maximum absolute atomic E-state index is 5.73. The molecule has 2 saturated heterocycles. The minimum atomic E-state index is 0.314. The van der Waals surface area contributed by atoms with Crippen LogP contribution in [0.15, 0.2) is 0 Å². The summed E-state index contributed by atoms with van der Waals surface area (Å²) in [5.41, 5.74) is 0.314. The van der Waals surface area contributed by atoms with Crippen LogP contribution in [-0.4, -0.2) is 48.8 Å². The van der Waals surface area contributed by atoms with Gasteiger partial charge in [0.2, 0.25) is 0 Å². The molecule has 2 rings (SSSR count). The normalized spacial score (nSPS) is 33.8. The van der Waals surface area contributed by atoms with Gasteiger partial charge in [-0.25, -0.2) is 0 Å². The van der Waals surface area contributed by atoms with E-state index in [2.05, 4.69) is 31.0 Å². The molecule has 2 aliphatic heterocycles. The molecule has 0 saturated carbocycles. The van der Waals surface area contributed by atoms with Gasteiger partial charge in [0.15, 0.2) is 0 Å². The zero-order chi connectivity index (χ0) is 11.6. The Morgan fingerprint density at radius 2 is 2.25 bits per heavy atom. The van der Waals surface area contributed by atoms with Crippen LogP contribution in [0.3, 0.4) is 0 Å². The van der Waals surface area contributed by atoms with Gasteiger partial charge in [0, 0.05) is 31.3 Å². The number of nitrogens with zero attached hydrogens (tertiary/aromatic N) is 1. The molecule has 0 amide bonds. The highest BCUT2D eigenvalue weighted by Gasteiger charge is 2.34. The molecule has 2 heterocycles. The van der Waals surface area contributed by atoms with Crippen molar-refractivity contribution in [1.29, 1.82) is 0 Å². The second-order valence-electron chi connectivity index (χ2n) is 5.85. The molecule has 16 heavy (non-hydrogen) atoms. The summed E-state index contributed by atoms with van der Waals surface area (Å²) in [7, 11) is 0. The Hall–Kier alpha value is -0.120. The highest BCUT2D eigenvalue weighted by atomic mass is 16.5. The van der Waals surface area contributed by atoms with Gasteiger partial charge in [-0.05, 0) is 39.7 Å². The van der Waals surface area contributed by atoms with Crippen LogP contribution in [0.2, 0.25) is 0 Å². The van der Waals surface area contributed by atoms with Crippen LogP contribution in [0.1, 0.15) is 40.0 Å². The summed E-state index contributed by atoms with van der Waals surface area (Å²) < 4.78 is 5.73. The predicted octanol–water partition coefficient (Wildman–Crippen LogP) is 1.63. The second-order valence-corrected chi connectivity index (χ2v) is 5.85. The molecule has 3 nitrogen and oxygen atoms in total. The van der Waals surface area contributed by atoms with E-state index in [0.29, 0.717) is 17.7 Å². The van der Waals surface area contributed by atoms with Crippen molar-refractivity contribution < 1.29 is 4.74 Å². The first-order valence-electron chi connectivity index (χ1n) is 6.71. The molecule has 2 fully saturated rings.